The normalized spacial score (nSPS) is 10.9. The van der Waals surface area contributed by atoms with Gasteiger partial charge in [0.05, 0.1) is 30.1 Å². The van der Waals surface area contributed by atoms with Crippen molar-refractivity contribution < 1.29 is 14.3 Å². The molecule has 4 aromatic rings. The number of hydrogen-bond acceptors (Lipinski definition) is 7. The average molecular weight is 570 g/mol. The second-order valence-electron chi connectivity index (χ2n) is 8.06. The van der Waals surface area contributed by atoms with Gasteiger partial charge in [-0.05, 0) is 67.4 Å². The van der Waals surface area contributed by atoms with Crippen molar-refractivity contribution in [3.8, 4) is 22.8 Å². The number of rotatable bonds is 11. The summed E-state index contributed by atoms with van der Waals surface area (Å²) in [6.45, 7) is 4.90. The number of benzene rings is 3. The Morgan fingerprint density at radius 1 is 1.05 bits per heavy atom. The maximum Gasteiger partial charge on any atom is 0.271 e. The minimum atomic E-state index is -0.338. The number of hydrogen-bond donors (Lipinski definition) is 2. The van der Waals surface area contributed by atoms with Gasteiger partial charge < -0.3 is 14.8 Å². The van der Waals surface area contributed by atoms with Crippen LogP contribution >= 0.6 is 34.5 Å². The van der Waals surface area contributed by atoms with Crippen molar-refractivity contribution in [1.82, 2.24) is 10.4 Å². The number of anilines is 2. The van der Waals surface area contributed by atoms with E-state index >= 15 is 0 Å². The van der Waals surface area contributed by atoms with Gasteiger partial charge in [-0.25, -0.2) is 10.4 Å². The Hall–Kier alpha value is -3.59. The van der Waals surface area contributed by atoms with E-state index < -0.39 is 0 Å². The molecule has 196 valence electrons. The zero-order valence-electron chi connectivity index (χ0n) is 20.8. The first-order valence-corrected chi connectivity index (χ1v) is 13.6. The van der Waals surface area contributed by atoms with E-state index in [9.17, 15) is 4.79 Å². The molecular weight excluding hydrogens is 543 g/mol. The van der Waals surface area contributed by atoms with E-state index in [4.69, 9.17) is 32.7 Å². The molecule has 0 aliphatic rings. The van der Waals surface area contributed by atoms with Gasteiger partial charge in [0.2, 0.25) is 0 Å². The fourth-order valence-electron chi connectivity index (χ4n) is 3.41. The smallest absolute Gasteiger partial charge is 0.271 e. The highest BCUT2D eigenvalue weighted by Gasteiger charge is 2.12. The van der Waals surface area contributed by atoms with E-state index in [1.165, 1.54) is 17.6 Å². The third-order valence-electron chi connectivity index (χ3n) is 5.20. The second kappa shape index (κ2) is 13.3. The summed E-state index contributed by atoms with van der Waals surface area (Å²) < 4.78 is 11.4. The van der Waals surface area contributed by atoms with E-state index in [-0.39, 0.29) is 5.91 Å². The van der Waals surface area contributed by atoms with Crippen molar-refractivity contribution in [2.24, 2.45) is 5.10 Å². The predicted molar refractivity (Wildman–Crippen MR) is 156 cm³/mol. The minimum Gasteiger partial charge on any atom is -0.490 e. The van der Waals surface area contributed by atoms with Crippen LogP contribution in [0.25, 0.3) is 11.3 Å². The Kier molecular flexibility index (Phi) is 9.59. The zero-order chi connectivity index (χ0) is 26.9. The molecule has 1 heterocycles. The molecule has 1 aromatic heterocycles. The highest BCUT2D eigenvalue weighted by Crippen LogP contribution is 2.36. The molecule has 10 heteroatoms. The zero-order valence-corrected chi connectivity index (χ0v) is 23.2. The Labute approximate surface area is 235 Å². The van der Waals surface area contributed by atoms with Crippen LogP contribution in [-0.2, 0) is 0 Å². The number of amides is 1. The van der Waals surface area contributed by atoms with Crippen molar-refractivity contribution in [3.05, 3.63) is 87.2 Å². The van der Waals surface area contributed by atoms with Gasteiger partial charge in [0.25, 0.3) is 5.91 Å². The number of carbonyl (C=O) groups excluding carboxylic acids is 1. The molecule has 4 rings (SSSR count). The molecule has 0 fully saturated rings. The summed E-state index contributed by atoms with van der Waals surface area (Å²) in [6, 6.07) is 18.1. The molecule has 2 N–H and O–H groups in total. The number of ether oxygens (including phenoxy) is 2. The summed E-state index contributed by atoms with van der Waals surface area (Å²) in [5, 5.41) is 11.1. The monoisotopic (exact) mass is 568 g/mol. The fourth-order valence-corrected chi connectivity index (χ4v) is 4.55. The van der Waals surface area contributed by atoms with E-state index in [0.717, 1.165) is 28.5 Å². The van der Waals surface area contributed by atoms with Crippen LogP contribution in [0.1, 0.15) is 36.2 Å². The van der Waals surface area contributed by atoms with Crippen molar-refractivity contribution >= 4 is 57.5 Å². The average Bonchev–Trinajstić information content (AvgIpc) is 3.38. The van der Waals surface area contributed by atoms with E-state index in [2.05, 4.69) is 20.8 Å². The first kappa shape index (κ1) is 27.4. The van der Waals surface area contributed by atoms with E-state index in [1.807, 2.05) is 55.6 Å². The van der Waals surface area contributed by atoms with Gasteiger partial charge in [-0.15, -0.1) is 11.3 Å². The van der Waals surface area contributed by atoms with Gasteiger partial charge in [0.15, 0.2) is 16.6 Å². The molecule has 0 bridgehead atoms. The molecule has 0 radical (unpaired) electrons. The summed E-state index contributed by atoms with van der Waals surface area (Å²) in [7, 11) is 0. The van der Waals surface area contributed by atoms with Crippen LogP contribution in [0.15, 0.2) is 71.1 Å². The van der Waals surface area contributed by atoms with E-state index in [1.54, 1.807) is 24.3 Å². The molecule has 7 nitrogen and oxygen atoms in total. The standard InChI is InChI=1S/C28H26Cl2N4O3S/c1-3-13-37-26-23(30)14-18(15-25(26)36-4-2)16-31-34-27(35)20-7-5-19(6-8-20)24-17-38-28(33-24)32-22-11-9-21(29)10-12-22/h5-12,14-17H,3-4,13H2,1-2H3,(H,32,33)(H,34,35)/b31-16-. The van der Waals surface area contributed by atoms with Crippen molar-refractivity contribution in [3.63, 3.8) is 0 Å². The lowest BCUT2D eigenvalue weighted by Gasteiger charge is -2.13. The fraction of sp³-hybridized carbons (Fsp3) is 0.179. The lowest BCUT2D eigenvalue weighted by atomic mass is 10.1. The molecule has 0 atom stereocenters. The Balaban J connectivity index is 1.37. The first-order valence-electron chi connectivity index (χ1n) is 12.0. The predicted octanol–water partition coefficient (Wildman–Crippen LogP) is 7.81. The molecular formula is C28H26Cl2N4O3S. The molecule has 0 spiro atoms. The highest BCUT2D eigenvalue weighted by atomic mass is 35.5. The number of nitrogens with one attached hydrogen (secondary N) is 2. The number of carbonyl (C=O) groups is 1. The lowest BCUT2D eigenvalue weighted by molar-refractivity contribution is 0.0955. The Bertz CT molecular complexity index is 1410. The summed E-state index contributed by atoms with van der Waals surface area (Å²) >= 11 is 13.8. The third-order valence-corrected chi connectivity index (χ3v) is 6.49. The van der Waals surface area contributed by atoms with Gasteiger partial charge in [-0.1, -0.05) is 42.3 Å². The maximum atomic E-state index is 12.6. The molecule has 3 aromatic carbocycles. The maximum absolute atomic E-state index is 12.6. The highest BCUT2D eigenvalue weighted by molar-refractivity contribution is 7.14. The molecule has 0 aliphatic heterocycles. The molecule has 38 heavy (non-hydrogen) atoms. The molecule has 0 saturated heterocycles. The second-order valence-corrected chi connectivity index (χ2v) is 9.76. The number of thiazole rings is 1. The summed E-state index contributed by atoms with van der Waals surface area (Å²) in [4.78, 5) is 17.2. The van der Waals surface area contributed by atoms with Crippen LogP contribution in [-0.4, -0.2) is 30.3 Å². The number of nitrogens with zero attached hydrogens (tertiary/aromatic N) is 2. The largest absolute Gasteiger partial charge is 0.490 e. The quantitative estimate of drug-likeness (QED) is 0.142. The van der Waals surface area contributed by atoms with Gasteiger partial charge in [0, 0.05) is 27.2 Å². The van der Waals surface area contributed by atoms with Crippen LogP contribution in [0.5, 0.6) is 11.5 Å². The molecule has 0 aliphatic carbocycles. The number of hydrazone groups is 1. The van der Waals surface area contributed by atoms with Crippen LogP contribution < -0.4 is 20.2 Å². The number of aromatic nitrogens is 1. The van der Waals surface area contributed by atoms with Crippen molar-refractivity contribution in [2.45, 2.75) is 20.3 Å². The van der Waals surface area contributed by atoms with Gasteiger partial charge in [-0.3, -0.25) is 4.79 Å². The van der Waals surface area contributed by atoms with Gasteiger partial charge in [-0.2, -0.15) is 5.10 Å². The molecule has 1 amide bonds. The summed E-state index contributed by atoms with van der Waals surface area (Å²) in [5.41, 5.74) is 6.29. The topological polar surface area (TPSA) is 84.8 Å². The van der Waals surface area contributed by atoms with Crippen LogP contribution in [0.2, 0.25) is 10.0 Å². The van der Waals surface area contributed by atoms with Crippen LogP contribution in [0.3, 0.4) is 0 Å². The Morgan fingerprint density at radius 2 is 1.82 bits per heavy atom. The summed E-state index contributed by atoms with van der Waals surface area (Å²) in [6.07, 6.45) is 2.36. The molecule has 0 unspecified atom stereocenters. The van der Waals surface area contributed by atoms with E-state index in [0.29, 0.717) is 45.9 Å². The Morgan fingerprint density at radius 3 is 2.53 bits per heavy atom. The first-order chi connectivity index (χ1) is 18.5. The third kappa shape index (κ3) is 7.25. The molecule has 0 saturated carbocycles. The summed E-state index contributed by atoms with van der Waals surface area (Å²) in [5.74, 6) is 0.699. The van der Waals surface area contributed by atoms with Crippen LogP contribution in [0, 0.1) is 0 Å². The minimum absolute atomic E-state index is 0.338. The SMILES string of the molecule is CCCOc1c(Cl)cc(/C=N\NC(=O)c2ccc(-c3csc(Nc4ccc(Cl)cc4)n3)cc2)cc1OCC. The van der Waals surface area contributed by atoms with Gasteiger partial charge in [0.1, 0.15) is 0 Å². The number of halogens is 2. The van der Waals surface area contributed by atoms with Gasteiger partial charge >= 0.3 is 0 Å². The van der Waals surface area contributed by atoms with Crippen LogP contribution in [0.4, 0.5) is 10.8 Å². The lowest BCUT2D eigenvalue weighted by Crippen LogP contribution is -2.17. The van der Waals surface area contributed by atoms with Crippen molar-refractivity contribution in [2.75, 3.05) is 18.5 Å². The van der Waals surface area contributed by atoms with Crippen molar-refractivity contribution in [1.29, 1.82) is 0 Å².